The van der Waals surface area contributed by atoms with Crippen molar-refractivity contribution in [3.05, 3.63) is 5.82 Å². The molecule has 0 heterocycles. The Morgan fingerprint density at radius 3 is 2.50 bits per heavy atom. The first-order chi connectivity index (χ1) is 6.68. The summed E-state index contributed by atoms with van der Waals surface area (Å²) in [7, 11) is -0.401. The molecule has 5 heteroatoms. The van der Waals surface area contributed by atoms with Crippen LogP contribution >= 0.6 is 7.60 Å². The SMILES string of the molecule is CCCCCN=C=CP(=O)(OC)OC. The highest BCUT2D eigenvalue weighted by Crippen LogP contribution is 2.46. The highest BCUT2D eigenvalue weighted by molar-refractivity contribution is 7.57. The lowest BCUT2D eigenvalue weighted by atomic mass is 10.2. The van der Waals surface area contributed by atoms with E-state index in [1.807, 2.05) is 0 Å². The van der Waals surface area contributed by atoms with Crippen molar-refractivity contribution in [2.24, 2.45) is 4.99 Å². The third-order valence-corrected chi connectivity index (χ3v) is 3.14. The van der Waals surface area contributed by atoms with E-state index in [0.29, 0.717) is 6.54 Å². The Balaban J connectivity index is 3.95. The zero-order valence-corrected chi connectivity index (χ0v) is 9.92. The van der Waals surface area contributed by atoms with Gasteiger partial charge in [-0.2, -0.15) is 0 Å². The standard InChI is InChI=1S/C9H18NO3P/c1-4-5-6-7-10-8-9-14(11,12-2)13-3/h9H,4-7H2,1-3H3. The van der Waals surface area contributed by atoms with Crippen molar-refractivity contribution in [1.82, 2.24) is 0 Å². The average molecular weight is 219 g/mol. The minimum Gasteiger partial charge on any atom is -0.309 e. The summed E-state index contributed by atoms with van der Waals surface area (Å²) in [6.45, 7) is 2.83. The fourth-order valence-electron chi connectivity index (χ4n) is 0.797. The Morgan fingerprint density at radius 1 is 1.36 bits per heavy atom. The average Bonchev–Trinajstić information content (AvgIpc) is 2.23. The van der Waals surface area contributed by atoms with Crippen molar-refractivity contribution in [2.45, 2.75) is 26.2 Å². The molecule has 14 heavy (non-hydrogen) atoms. The smallest absolute Gasteiger partial charge is 0.309 e. The molecular weight excluding hydrogens is 201 g/mol. The molecule has 0 aliphatic carbocycles. The van der Waals surface area contributed by atoms with Gasteiger partial charge in [-0.1, -0.05) is 19.8 Å². The normalized spacial score (nSPS) is 10.8. The van der Waals surface area contributed by atoms with E-state index in [1.165, 1.54) is 20.0 Å². The molecule has 0 spiro atoms. The van der Waals surface area contributed by atoms with E-state index in [4.69, 9.17) is 0 Å². The molecule has 0 aliphatic rings. The summed E-state index contributed by atoms with van der Waals surface area (Å²) >= 11 is 0. The molecule has 0 saturated carbocycles. The molecule has 0 bridgehead atoms. The summed E-state index contributed by atoms with van der Waals surface area (Å²) < 4.78 is 20.8. The lowest BCUT2D eigenvalue weighted by molar-refractivity contribution is 0.286. The predicted molar refractivity (Wildman–Crippen MR) is 58.0 cm³/mol. The molecule has 0 radical (unpaired) electrons. The maximum absolute atomic E-state index is 11.4. The monoisotopic (exact) mass is 219 g/mol. The summed E-state index contributed by atoms with van der Waals surface area (Å²) in [5.41, 5.74) is 0. The fourth-order valence-corrected chi connectivity index (χ4v) is 1.38. The second-order valence-corrected chi connectivity index (χ2v) is 4.82. The summed E-state index contributed by atoms with van der Waals surface area (Å²) in [6, 6.07) is 0. The van der Waals surface area contributed by atoms with Crippen LogP contribution < -0.4 is 0 Å². The highest BCUT2D eigenvalue weighted by Gasteiger charge is 2.15. The van der Waals surface area contributed by atoms with E-state index in [1.54, 1.807) is 0 Å². The van der Waals surface area contributed by atoms with Crippen molar-refractivity contribution >= 4 is 13.5 Å². The van der Waals surface area contributed by atoms with Gasteiger partial charge in [0.1, 0.15) is 0 Å². The van der Waals surface area contributed by atoms with Gasteiger partial charge in [0.2, 0.25) is 0 Å². The van der Waals surface area contributed by atoms with Crippen LogP contribution in [0.4, 0.5) is 0 Å². The van der Waals surface area contributed by atoms with E-state index < -0.39 is 7.60 Å². The van der Waals surface area contributed by atoms with Gasteiger partial charge >= 0.3 is 7.60 Å². The Morgan fingerprint density at radius 2 is 2.00 bits per heavy atom. The number of rotatable bonds is 7. The van der Waals surface area contributed by atoms with Gasteiger partial charge in [-0.25, -0.2) is 4.99 Å². The third-order valence-electron chi connectivity index (χ3n) is 1.69. The van der Waals surface area contributed by atoms with Crippen LogP contribution in [0.15, 0.2) is 10.8 Å². The summed E-state index contributed by atoms with van der Waals surface area (Å²) in [4.78, 5) is 3.95. The molecule has 0 amide bonds. The fraction of sp³-hybridized carbons (Fsp3) is 0.778. The predicted octanol–water partition coefficient (Wildman–Crippen LogP) is 2.85. The molecule has 0 aliphatic heterocycles. The van der Waals surface area contributed by atoms with Crippen LogP contribution in [0.1, 0.15) is 26.2 Å². The van der Waals surface area contributed by atoms with E-state index >= 15 is 0 Å². The first-order valence-corrected chi connectivity index (χ1v) is 6.27. The third kappa shape index (κ3) is 6.11. The second kappa shape index (κ2) is 7.95. The Bertz CT molecular complexity index is 238. The van der Waals surface area contributed by atoms with Crippen molar-refractivity contribution in [1.29, 1.82) is 0 Å². The molecular formula is C9H18NO3P. The molecule has 0 aromatic heterocycles. The first-order valence-electron chi connectivity index (χ1n) is 4.66. The molecule has 0 saturated heterocycles. The quantitative estimate of drug-likeness (QED) is 0.376. The number of nitrogens with zero attached hydrogens (tertiary/aromatic N) is 1. The zero-order chi connectivity index (χ0) is 10.9. The molecule has 0 aromatic carbocycles. The number of hydrogen-bond donors (Lipinski definition) is 0. The topological polar surface area (TPSA) is 47.9 Å². The molecule has 0 N–H and O–H groups in total. The van der Waals surface area contributed by atoms with Crippen molar-refractivity contribution in [3.8, 4) is 0 Å². The Kier molecular flexibility index (Phi) is 7.73. The van der Waals surface area contributed by atoms with Gasteiger partial charge in [0.25, 0.3) is 0 Å². The van der Waals surface area contributed by atoms with E-state index in [2.05, 4.69) is 26.8 Å². The van der Waals surface area contributed by atoms with E-state index in [-0.39, 0.29) is 0 Å². The summed E-state index contributed by atoms with van der Waals surface area (Å²) in [6.07, 6.45) is 3.34. The number of aliphatic imine (C=N–C) groups is 1. The summed E-state index contributed by atoms with van der Waals surface area (Å²) in [5.74, 6) is 3.82. The lowest BCUT2D eigenvalue weighted by Crippen LogP contribution is -1.84. The molecule has 0 unspecified atom stereocenters. The van der Waals surface area contributed by atoms with Gasteiger partial charge in [0.15, 0.2) is 0 Å². The first kappa shape index (κ1) is 13.6. The number of unbranched alkanes of at least 4 members (excludes halogenated alkanes) is 2. The van der Waals surface area contributed by atoms with Crippen molar-refractivity contribution < 1.29 is 13.6 Å². The molecule has 0 aromatic rings. The summed E-state index contributed by atoms with van der Waals surface area (Å²) in [5, 5.41) is 0. The van der Waals surface area contributed by atoms with Gasteiger partial charge in [0.05, 0.1) is 5.82 Å². The Hall–Kier alpha value is -0.400. The van der Waals surface area contributed by atoms with Crippen molar-refractivity contribution in [2.75, 3.05) is 20.8 Å². The van der Waals surface area contributed by atoms with Gasteiger partial charge in [-0.05, 0) is 12.3 Å². The van der Waals surface area contributed by atoms with Crippen LogP contribution in [0.25, 0.3) is 0 Å². The van der Waals surface area contributed by atoms with Crippen LogP contribution in [0.2, 0.25) is 0 Å². The minimum atomic E-state index is -3.07. The van der Waals surface area contributed by atoms with Crippen LogP contribution in [-0.2, 0) is 13.6 Å². The molecule has 82 valence electrons. The van der Waals surface area contributed by atoms with Crippen LogP contribution in [0.3, 0.4) is 0 Å². The van der Waals surface area contributed by atoms with E-state index in [9.17, 15) is 4.57 Å². The van der Waals surface area contributed by atoms with Crippen molar-refractivity contribution in [3.63, 3.8) is 0 Å². The molecule has 4 nitrogen and oxygen atoms in total. The lowest BCUT2D eigenvalue weighted by Gasteiger charge is -2.05. The maximum Gasteiger partial charge on any atom is 0.362 e. The highest BCUT2D eigenvalue weighted by atomic mass is 31.2. The largest absolute Gasteiger partial charge is 0.362 e. The van der Waals surface area contributed by atoms with E-state index in [0.717, 1.165) is 19.3 Å². The van der Waals surface area contributed by atoms with Gasteiger partial charge in [0, 0.05) is 20.8 Å². The molecule has 0 rings (SSSR count). The minimum absolute atomic E-state index is 0.706. The molecule has 0 atom stereocenters. The van der Waals surface area contributed by atoms with Crippen LogP contribution in [-0.4, -0.2) is 26.6 Å². The number of hydrogen-bond acceptors (Lipinski definition) is 4. The molecule has 0 fully saturated rings. The van der Waals surface area contributed by atoms with Gasteiger partial charge in [-0.3, -0.25) is 4.57 Å². The van der Waals surface area contributed by atoms with Crippen LogP contribution in [0, 0.1) is 0 Å². The Labute approximate surface area is 85.6 Å². The second-order valence-electron chi connectivity index (χ2n) is 2.75. The van der Waals surface area contributed by atoms with Gasteiger partial charge in [-0.15, -0.1) is 0 Å². The van der Waals surface area contributed by atoms with Gasteiger partial charge < -0.3 is 9.05 Å². The zero-order valence-electron chi connectivity index (χ0n) is 9.02. The maximum atomic E-state index is 11.4. The van der Waals surface area contributed by atoms with Crippen LogP contribution in [0.5, 0.6) is 0 Å².